The summed E-state index contributed by atoms with van der Waals surface area (Å²) in [4.78, 5) is 26.1. The molecule has 0 atom stereocenters. The van der Waals surface area contributed by atoms with Crippen LogP contribution in [0.25, 0.3) is 0 Å². The van der Waals surface area contributed by atoms with Crippen molar-refractivity contribution in [3.05, 3.63) is 77.0 Å². The van der Waals surface area contributed by atoms with E-state index in [9.17, 15) is 9.59 Å². The standard InChI is InChI=1S/C25H29N3O4/c1-17-14-22(27-32-17)26-23(29)15-28(5)24(30)19-8-6-18(7-9-19)16-31-21-12-10-20(11-13-21)25(2,3)4/h6-14H,15-16H2,1-5H3,(H,26,27,29). The summed E-state index contributed by atoms with van der Waals surface area (Å²) in [5.41, 5.74) is 2.80. The van der Waals surface area contributed by atoms with Gasteiger partial charge in [0.2, 0.25) is 5.91 Å². The van der Waals surface area contributed by atoms with Crippen LogP contribution in [0.5, 0.6) is 5.75 Å². The van der Waals surface area contributed by atoms with E-state index in [1.807, 2.05) is 24.3 Å². The molecule has 2 aromatic carbocycles. The van der Waals surface area contributed by atoms with Crippen molar-refractivity contribution >= 4 is 17.6 Å². The minimum Gasteiger partial charge on any atom is -0.489 e. The summed E-state index contributed by atoms with van der Waals surface area (Å²) in [6.07, 6.45) is 0. The van der Waals surface area contributed by atoms with Crippen LogP contribution in [-0.4, -0.2) is 35.5 Å². The Morgan fingerprint density at radius 2 is 1.72 bits per heavy atom. The first kappa shape index (κ1) is 23.1. The second kappa shape index (κ2) is 9.68. The third-order valence-electron chi connectivity index (χ3n) is 4.95. The van der Waals surface area contributed by atoms with Crippen LogP contribution in [0, 0.1) is 6.92 Å². The molecule has 3 rings (SSSR count). The van der Waals surface area contributed by atoms with Crippen molar-refractivity contribution in [1.29, 1.82) is 0 Å². The maximum atomic E-state index is 12.6. The van der Waals surface area contributed by atoms with Gasteiger partial charge < -0.3 is 19.5 Å². The van der Waals surface area contributed by atoms with Gasteiger partial charge in [-0.2, -0.15) is 0 Å². The van der Waals surface area contributed by atoms with Crippen molar-refractivity contribution in [1.82, 2.24) is 10.1 Å². The van der Waals surface area contributed by atoms with Crippen LogP contribution in [0.4, 0.5) is 5.82 Å². The molecule has 3 aromatic rings. The minimum absolute atomic E-state index is 0.0971. The lowest BCUT2D eigenvalue weighted by Gasteiger charge is -2.19. The molecule has 1 N–H and O–H groups in total. The molecule has 0 fully saturated rings. The average molecular weight is 436 g/mol. The van der Waals surface area contributed by atoms with E-state index < -0.39 is 0 Å². The molecule has 0 spiro atoms. The summed E-state index contributed by atoms with van der Waals surface area (Å²) in [6, 6.07) is 16.9. The third kappa shape index (κ3) is 6.20. The monoisotopic (exact) mass is 435 g/mol. The molecule has 0 aliphatic heterocycles. The summed E-state index contributed by atoms with van der Waals surface area (Å²) >= 11 is 0. The SMILES string of the molecule is Cc1cc(NC(=O)CN(C)C(=O)c2ccc(COc3ccc(C(C)(C)C)cc3)cc2)no1. The number of amides is 2. The zero-order valence-electron chi connectivity index (χ0n) is 19.1. The highest BCUT2D eigenvalue weighted by Crippen LogP contribution is 2.24. The highest BCUT2D eigenvalue weighted by Gasteiger charge is 2.16. The van der Waals surface area contributed by atoms with E-state index in [2.05, 4.69) is 43.4 Å². The number of carbonyl (C=O) groups excluding carboxylic acids is 2. The number of benzene rings is 2. The van der Waals surface area contributed by atoms with Gasteiger partial charge in [-0.3, -0.25) is 9.59 Å². The summed E-state index contributed by atoms with van der Waals surface area (Å²) in [7, 11) is 1.58. The molecule has 32 heavy (non-hydrogen) atoms. The molecule has 0 aliphatic rings. The second-order valence-corrected chi connectivity index (χ2v) is 8.79. The molecule has 1 heterocycles. The van der Waals surface area contributed by atoms with Crippen molar-refractivity contribution in [3.8, 4) is 5.75 Å². The second-order valence-electron chi connectivity index (χ2n) is 8.79. The molecule has 0 unspecified atom stereocenters. The Balaban J connectivity index is 1.51. The van der Waals surface area contributed by atoms with E-state index in [0.717, 1.165) is 11.3 Å². The van der Waals surface area contributed by atoms with E-state index in [0.29, 0.717) is 23.7 Å². The van der Waals surface area contributed by atoms with Gasteiger partial charge in [0.25, 0.3) is 5.91 Å². The summed E-state index contributed by atoms with van der Waals surface area (Å²) in [5.74, 6) is 1.12. The fraction of sp³-hybridized carbons (Fsp3) is 0.320. The van der Waals surface area contributed by atoms with Crippen LogP contribution in [0.2, 0.25) is 0 Å². The Hall–Kier alpha value is -3.61. The summed E-state index contributed by atoms with van der Waals surface area (Å²) in [5, 5.41) is 6.31. The molecule has 0 saturated heterocycles. The lowest BCUT2D eigenvalue weighted by atomic mass is 9.87. The number of nitrogens with zero attached hydrogens (tertiary/aromatic N) is 2. The first-order valence-corrected chi connectivity index (χ1v) is 10.4. The Labute approximate surface area is 188 Å². The van der Waals surface area contributed by atoms with Crippen LogP contribution in [0.15, 0.2) is 59.1 Å². The van der Waals surface area contributed by atoms with Gasteiger partial charge in [0.1, 0.15) is 18.1 Å². The molecule has 0 radical (unpaired) electrons. The largest absolute Gasteiger partial charge is 0.489 e. The van der Waals surface area contributed by atoms with Crippen LogP contribution in [-0.2, 0) is 16.8 Å². The van der Waals surface area contributed by atoms with Crippen LogP contribution in [0.3, 0.4) is 0 Å². The number of rotatable bonds is 7. The average Bonchev–Trinajstić information content (AvgIpc) is 3.16. The normalized spacial score (nSPS) is 11.2. The predicted octanol–water partition coefficient (Wildman–Crippen LogP) is 4.57. The number of nitrogens with one attached hydrogen (secondary N) is 1. The van der Waals surface area contributed by atoms with Crippen molar-refractivity contribution in [3.63, 3.8) is 0 Å². The fourth-order valence-electron chi connectivity index (χ4n) is 3.08. The van der Waals surface area contributed by atoms with Gasteiger partial charge in [-0.05, 0) is 47.7 Å². The number of aryl methyl sites for hydroxylation is 1. The van der Waals surface area contributed by atoms with Gasteiger partial charge in [0.15, 0.2) is 5.82 Å². The molecule has 1 aromatic heterocycles. The van der Waals surface area contributed by atoms with Crippen LogP contribution in [0.1, 0.15) is 48.0 Å². The van der Waals surface area contributed by atoms with Crippen LogP contribution < -0.4 is 10.1 Å². The number of hydrogen-bond donors (Lipinski definition) is 1. The Kier molecular flexibility index (Phi) is 6.98. The van der Waals surface area contributed by atoms with Gasteiger partial charge in [0.05, 0.1) is 6.54 Å². The maximum absolute atomic E-state index is 12.6. The van der Waals surface area contributed by atoms with E-state index in [1.54, 1.807) is 32.2 Å². The quantitative estimate of drug-likeness (QED) is 0.588. The van der Waals surface area contributed by atoms with Crippen LogP contribution >= 0.6 is 0 Å². The number of anilines is 1. The molecular weight excluding hydrogens is 406 g/mol. The molecule has 2 amide bonds. The Bertz CT molecular complexity index is 1060. The van der Waals surface area contributed by atoms with Gasteiger partial charge in [-0.25, -0.2) is 0 Å². The number of likely N-dealkylation sites (N-methyl/N-ethyl adjacent to an activating group) is 1. The van der Waals surface area contributed by atoms with E-state index in [4.69, 9.17) is 9.26 Å². The first-order valence-electron chi connectivity index (χ1n) is 10.4. The lowest BCUT2D eigenvalue weighted by molar-refractivity contribution is -0.116. The molecule has 7 nitrogen and oxygen atoms in total. The molecule has 168 valence electrons. The molecular formula is C25H29N3O4. The van der Waals surface area contributed by atoms with Gasteiger partial charge in [-0.15, -0.1) is 0 Å². The van der Waals surface area contributed by atoms with E-state index >= 15 is 0 Å². The number of aromatic nitrogens is 1. The van der Waals surface area contributed by atoms with E-state index in [1.165, 1.54) is 10.5 Å². The summed E-state index contributed by atoms with van der Waals surface area (Å²) < 4.78 is 10.8. The first-order chi connectivity index (χ1) is 15.1. The maximum Gasteiger partial charge on any atom is 0.254 e. The highest BCUT2D eigenvalue weighted by atomic mass is 16.5. The fourth-order valence-corrected chi connectivity index (χ4v) is 3.08. The van der Waals surface area contributed by atoms with Crippen molar-refractivity contribution < 1.29 is 18.8 Å². The van der Waals surface area contributed by atoms with Gasteiger partial charge >= 0.3 is 0 Å². The van der Waals surface area contributed by atoms with Crippen molar-refractivity contribution in [2.45, 2.75) is 39.7 Å². The van der Waals surface area contributed by atoms with Crippen molar-refractivity contribution in [2.75, 3.05) is 18.9 Å². The molecule has 0 saturated carbocycles. The van der Waals surface area contributed by atoms with Crippen molar-refractivity contribution in [2.24, 2.45) is 0 Å². The molecule has 0 aliphatic carbocycles. The third-order valence-corrected chi connectivity index (χ3v) is 4.95. The molecule has 7 heteroatoms. The predicted molar refractivity (Wildman–Crippen MR) is 123 cm³/mol. The van der Waals surface area contributed by atoms with Gasteiger partial charge in [-0.1, -0.05) is 50.2 Å². The number of carbonyl (C=O) groups is 2. The smallest absolute Gasteiger partial charge is 0.254 e. The van der Waals surface area contributed by atoms with Gasteiger partial charge in [0, 0.05) is 18.7 Å². The lowest BCUT2D eigenvalue weighted by Crippen LogP contribution is -2.35. The number of hydrogen-bond acceptors (Lipinski definition) is 5. The Morgan fingerprint density at radius 3 is 2.28 bits per heavy atom. The zero-order chi connectivity index (χ0) is 23.3. The number of ether oxygens (including phenoxy) is 1. The zero-order valence-corrected chi connectivity index (χ0v) is 19.1. The Morgan fingerprint density at radius 1 is 1.06 bits per heavy atom. The highest BCUT2D eigenvalue weighted by molar-refractivity contribution is 5.98. The van der Waals surface area contributed by atoms with E-state index in [-0.39, 0.29) is 23.8 Å². The summed E-state index contributed by atoms with van der Waals surface area (Å²) in [6.45, 7) is 8.56. The topological polar surface area (TPSA) is 84.7 Å². The molecule has 0 bridgehead atoms. The minimum atomic E-state index is -0.350.